The lowest BCUT2D eigenvalue weighted by molar-refractivity contribution is 0.0832. The van der Waals surface area contributed by atoms with Crippen molar-refractivity contribution >= 4 is 0 Å². The van der Waals surface area contributed by atoms with Crippen molar-refractivity contribution in [2.45, 2.75) is 26.4 Å². The molecule has 1 N–H and O–H groups in total. The van der Waals surface area contributed by atoms with Crippen LogP contribution < -0.4 is 0 Å². The van der Waals surface area contributed by atoms with Gasteiger partial charge in [-0.2, -0.15) is 0 Å². The van der Waals surface area contributed by atoms with Crippen molar-refractivity contribution < 1.29 is 5.11 Å². The molecule has 0 saturated heterocycles. The highest BCUT2D eigenvalue weighted by molar-refractivity contribution is 5.32. The first-order valence-electron chi connectivity index (χ1n) is 5.18. The molecule has 74 valence electrons. The van der Waals surface area contributed by atoms with Crippen molar-refractivity contribution in [2.24, 2.45) is 17.3 Å². The van der Waals surface area contributed by atoms with E-state index in [4.69, 9.17) is 0 Å². The van der Waals surface area contributed by atoms with Gasteiger partial charge in [-0.15, -0.1) is 0 Å². The van der Waals surface area contributed by atoms with Crippen molar-refractivity contribution in [1.82, 2.24) is 0 Å². The molecule has 0 aromatic rings. The van der Waals surface area contributed by atoms with Gasteiger partial charge in [0, 0.05) is 5.92 Å². The molecule has 1 heteroatoms. The third-order valence-corrected chi connectivity index (χ3v) is 3.37. The van der Waals surface area contributed by atoms with Crippen molar-refractivity contribution in [3.8, 4) is 11.8 Å². The Hall–Kier alpha value is -1.00. The lowest BCUT2D eigenvalue weighted by atomic mass is 9.70. The summed E-state index contributed by atoms with van der Waals surface area (Å²) in [6.07, 6.45) is 8.73. The van der Waals surface area contributed by atoms with Gasteiger partial charge in [-0.1, -0.05) is 36.1 Å². The predicted molar refractivity (Wildman–Crippen MR) is 57.4 cm³/mol. The maximum absolute atomic E-state index is 10.0. The van der Waals surface area contributed by atoms with Crippen LogP contribution in [0.3, 0.4) is 0 Å². The molecule has 4 unspecified atom stereocenters. The quantitative estimate of drug-likeness (QED) is 0.520. The molecule has 2 aliphatic carbocycles. The zero-order chi connectivity index (χ0) is 10.2. The highest BCUT2D eigenvalue weighted by Gasteiger charge is 2.41. The number of aliphatic hydroxyl groups is 1. The Morgan fingerprint density at radius 1 is 1.57 bits per heavy atom. The van der Waals surface area contributed by atoms with Crippen molar-refractivity contribution in [3.63, 3.8) is 0 Å². The largest absolute Gasteiger partial charge is 0.387 e. The Bertz CT molecular complexity index is 342. The van der Waals surface area contributed by atoms with Gasteiger partial charge in [0.25, 0.3) is 0 Å². The summed E-state index contributed by atoms with van der Waals surface area (Å²) >= 11 is 0. The number of hydrogen-bond acceptors (Lipinski definition) is 1. The Morgan fingerprint density at radius 3 is 3.07 bits per heavy atom. The van der Waals surface area contributed by atoms with Gasteiger partial charge in [0.15, 0.2) is 0 Å². The van der Waals surface area contributed by atoms with Crippen LogP contribution in [0.25, 0.3) is 0 Å². The van der Waals surface area contributed by atoms with Crippen LogP contribution in [0.1, 0.15) is 20.3 Å². The van der Waals surface area contributed by atoms with Gasteiger partial charge in [-0.3, -0.25) is 0 Å². The van der Waals surface area contributed by atoms with E-state index in [1.807, 2.05) is 19.1 Å². The first-order valence-corrected chi connectivity index (χ1v) is 5.18. The Kier molecular flexibility index (Phi) is 2.25. The van der Waals surface area contributed by atoms with Crippen molar-refractivity contribution in [2.75, 3.05) is 0 Å². The molecule has 2 bridgehead atoms. The fourth-order valence-electron chi connectivity index (χ4n) is 2.27. The van der Waals surface area contributed by atoms with Gasteiger partial charge in [-0.25, -0.2) is 0 Å². The van der Waals surface area contributed by atoms with Crippen LogP contribution in [-0.2, 0) is 0 Å². The van der Waals surface area contributed by atoms with E-state index in [0.29, 0.717) is 11.8 Å². The summed E-state index contributed by atoms with van der Waals surface area (Å²) in [7, 11) is 0. The van der Waals surface area contributed by atoms with Crippen LogP contribution >= 0.6 is 0 Å². The Balaban J connectivity index is 2.30. The molecule has 0 spiro atoms. The van der Waals surface area contributed by atoms with Crippen LogP contribution in [0, 0.1) is 29.1 Å². The monoisotopic (exact) mass is 188 g/mol. The molecule has 1 nitrogen and oxygen atoms in total. The number of aliphatic hydroxyl groups excluding tert-OH is 1. The Labute approximate surface area is 85.5 Å². The minimum Gasteiger partial charge on any atom is -0.387 e. The summed E-state index contributed by atoms with van der Waals surface area (Å²) in [6, 6.07) is 0. The summed E-state index contributed by atoms with van der Waals surface area (Å²) in [5, 5.41) is 10.0. The smallest absolute Gasteiger partial charge is 0.0889 e. The third kappa shape index (κ3) is 1.31. The van der Waals surface area contributed by atoms with Gasteiger partial charge in [0.1, 0.15) is 0 Å². The van der Waals surface area contributed by atoms with E-state index < -0.39 is 6.10 Å². The molecule has 0 heterocycles. The van der Waals surface area contributed by atoms with Gasteiger partial charge >= 0.3 is 0 Å². The van der Waals surface area contributed by atoms with Crippen LogP contribution in [0.15, 0.2) is 24.3 Å². The topological polar surface area (TPSA) is 20.2 Å². The van der Waals surface area contributed by atoms with Crippen molar-refractivity contribution in [3.05, 3.63) is 24.3 Å². The van der Waals surface area contributed by atoms with E-state index in [2.05, 4.69) is 30.9 Å². The van der Waals surface area contributed by atoms with Gasteiger partial charge in [0.05, 0.1) is 11.5 Å². The lowest BCUT2D eigenvalue weighted by Crippen LogP contribution is -2.37. The van der Waals surface area contributed by atoms with E-state index in [-0.39, 0.29) is 5.41 Å². The second-order valence-electron chi connectivity index (χ2n) is 4.36. The molecule has 2 rings (SSSR count). The summed E-state index contributed by atoms with van der Waals surface area (Å²) in [5.74, 6) is 7.29. The number of hydrogen-bond donors (Lipinski definition) is 1. The van der Waals surface area contributed by atoms with Crippen molar-refractivity contribution in [1.29, 1.82) is 0 Å². The SMILES string of the molecule is C/C=C\C(O)C1(C)C#CC2C=CC1C2. The van der Waals surface area contributed by atoms with Gasteiger partial charge in [-0.05, 0) is 26.2 Å². The summed E-state index contributed by atoms with van der Waals surface area (Å²) in [4.78, 5) is 0. The van der Waals surface area contributed by atoms with E-state index in [9.17, 15) is 5.11 Å². The van der Waals surface area contributed by atoms with Crippen LogP contribution in [0.5, 0.6) is 0 Å². The average Bonchev–Trinajstić information content (AvgIpc) is 2.58. The first-order chi connectivity index (χ1) is 6.66. The molecule has 0 aromatic heterocycles. The maximum Gasteiger partial charge on any atom is 0.0889 e. The van der Waals surface area contributed by atoms with Gasteiger partial charge in [0.2, 0.25) is 0 Å². The fraction of sp³-hybridized carbons (Fsp3) is 0.538. The standard InChI is InChI=1S/C13H16O/c1-3-4-12(14)13(2)8-7-10-5-6-11(13)9-10/h3-6,10-12,14H,9H2,1-2H3/b4-3-. The van der Waals surface area contributed by atoms with E-state index >= 15 is 0 Å². The van der Waals surface area contributed by atoms with E-state index in [1.165, 1.54) is 0 Å². The molecule has 14 heavy (non-hydrogen) atoms. The maximum atomic E-state index is 10.0. The molecular weight excluding hydrogens is 172 g/mol. The predicted octanol–water partition coefficient (Wildman–Crippen LogP) is 2.14. The molecule has 0 aromatic carbocycles. The number of fused-ring (bicyclic) bond motifs is 2. The van der Waals surface area contributed by atoms with E-state index in [0.717, 1.165) is 6.42 Å². The van der Waals surface area contributed by atoms with Crippen LogP contribution in [0.4, 0.5) is 0 Å². The third-order valence-electron chi connectivity index (χ3n) is 3.37. The first kappa shape index (κ1) is 9.55. The summed E-state index contributed by atoms with van der Waals surface area (Å²) < 4.78 is 0. The Morgan fingerprint density at radius 2 is 2.36 bits per heavy atom. The molecule has 0 fully saturated rings. The van der Waals surface area contributed by atoms with E-state index in [1.54, 1.807) is 0 Å². The molecule has 0 aliphatic heterocycles. The highest BCUT2D eigenvalue weighted by Crippen LogP contribution is 2.43. The highest BCUT2D eigenvalue weighted by atomic mass is 16.3. The number of allylic oxidation sites excluding steroid dienone is 3. The van der Waals surface area contributed by atoms with Gasteiger partial charge < -0.3 is 5.11 Å². The lowest BCUT2D eigenvalue weighted by Gasteiger charge is -2.35. The molecule has 0 radical (unpaired) electrons. The number of rotatable bonds is 2. The second-order valence-corrected chi connectivity index (χ2v) is 4.36. The molecule has 2 aliphatic rings. The molecule has 0 saturated carbocycles. The summed E-state index contributed by atoms with van der Waals surface area (Å²) in [5.41, 5.74) is -0.282. The summed E-state index contributed by atoms with van der Waals surface area (Å²) in [6.45, 7) is 3.98. The average molecular weight is 188 g/mol. The minimum absolute atomic E-state index is 0.282. The minimum atomic E-state index is -0.450. The van der Waals surface area contributed by atoms with Crippen LogP contribution in [-0.4, -0.2) is 11.2 Å². The second kappa shape index (κ2) is 3.29. The molecule has 4 atom stereocenters. The normalized spacial score (nSPS) is 41.1. The zero-order valence-corrected chi connectivity index (χ0v) is 8.70. The molecule has 0 amide bonds. The van der Waals surface area contributed by atoms with Crippen LogP contribution in [0.2, 0.25) is 0 Å². The zero-order valence-electron chi connectivity index (χ0n) is 8.70. The fourth-order valence-corrected chi connectivity index (χ4v) is 2.27. The molecular formula is C13H16O.